The van der Waals surface area contributed by atoms with Crippen LogP contribution in [0.1, 0.15) is 22.0 Å². The molecule has 0 saturated heterocycles. The molecule has 0 atom stereocenters. The lowest BCUT2D eigenvalue weighted by Crippen LogP contribution is -2.09. The monoisotopic (exact) mass is 261 g/mol. The average Bonchev–Trinajstić information content (AvgIpc) is 2.66. The summed E-state index contributed by atoms with van der Waals surface area (Å²) in [5, 5.41) is 7.78. The molecule has 0 aliphatic carbocycles. The Kier molecular flexibility index (Phi) is 3.37. The fraction of sp³-hybridized carbons (Fsp3) is 0.250. The quantitative estimate of drug-likeness (QED) is 0.620. The first-order valence-corrected chi connectivity index (χ1v) is 5.65. The number of nitrogen functional groups attached to an aromatic ring is 2. The molecule has 0 aliphatic heterocycles. The predicted molar refractivity (Wildman–Crippen MR) is 70.1 cm³/mol. The molecule has 7 heteroatoms. The smallest absolute Gasteiger partial charge is 0.338 e. The maximum atomic E-state index is 11.8. The van der Waals surface area contributed by atoms with Gasteiger partial charge in [-0.15, -0.1) is 10.2 Å². The molecule has 7 nitrogen and oxygen atoms in total. The van der Waals surface area contributed by atoms with Crippen LogP contribution in [0, 0.1) is 6.92 Å². The molecule has 4 N–H and O–H groups in total. The van der Waals surface area contributed by atoms with Crippen molar-refractivity contribution >= 4 is 17.3 Å². The Morgan fingerprint density at radius 1 is 1.26 bits per heavy atom. The van der Waals surface area contributed by atoms with Gasteiger partial charge in [0.05, 0.1) is 5.56 Å². The number of esters is 1. The van der Waals surface area contributed by atoms with Crippen LogP contribution in [-0.2, 0) is 18.4 Å². The summed E-state index contributed by atoms with van der Waals surface area (Å²) in [5.41, 5.74) is 12.4. The lowest BCUT2D eigenvalue weighted by Gasteiger charge is -2.06. The molecule has 19 heavy (non-hydrogen) atoms. The van der Waals surface area contributed by atoms with Gasteiger partial charge >= 0.3 is 5.97 Å². The Labute approximate surface area is 110 Å². The lowest BCUT2D eigenvalue weighted by molar-refractivity contribution is 0.0458. The number of rotatable bonds is 3. The van der Waals surface area contributed by atoms with E-state index >= 15 is 0 Å². The van der Waals surface area contributed by atoms with Gasteiger partial charge in [-0.2, -0.15) is 0 Å². The minimum absolute atomic E-state index is 0.0465. The average molecular weight is 261 g/mol. The van der Waals surface area contributed by atoms with Crippen molar-refractivity contribution in [3.05, 3.63) is 35.4 Å². The molecule has 0 radical (unpaired) electrons. The number of carbonyl (C=O) groups is 1. The van der Waals surface area contributed by atoms with Crippen molar-refractivity contribution in [3.8, 4) is 0 Å². The highest BCUT2D eigenvalue weighted by Crippen LogP contribution is 2.15. The fourth-order valence-electron chi connectivity index (χ4n) is 1.58. The molecule has 0 unspecified atom stereocenters. The van der Waals surface area contributed by atoms with Crippen LogP contribution in [0.15, 0.2) is 18.2 Å². The van der Waals surface area contributed by atoms with Crippen LogP contribution in [0.5, 0.6) is 0 Å². The zero-order valence-electron chi connectivity index (χ0n) is 10.8. The van der Waals surface area contributed by atoms with Gasteiger partial charge in [-0.25, -0.2) is 4.79 Å². The van der Waals surface area contributed by atoms with Crippen LogP contribution in [0.4, 0.5) is 11.4 Å². The van der Waals surface area contributed by atoms with Gasteiger partial charge in [0, 0.05) is 18.4 Å². The highest BCUT2D eigenvalue weighted by atomic mass is 16.5. The number of aryl methyl sites for hydroxylation is 1. The molecule has 1 aromatic heterocycles. The number of nitrogens with zero attached hydrogens (tertiary/aromatic N) is 3. The second-order valence-electron chi connectivity index (χ2n) is 4.19. The molecular formula is C12H15N5O2. The van der Waals surface area contributed by atoms with E-state index in [9.17, 15) is 4.79 Å². The number of ether oxygens (including phenoxy) is 1. The van der Waals surface area contributed by atoms with E-state index in [1.54, 1.807) is 17.7 Å². The summed E-state index contributed by atoms with van der Waals surface area (Å²) in [7, 11) is 1.80. The van der Waals surface area contributed by atoms with E-state index in [2.05, 4.69) is 10.2 Å². The SMILES string of the molecule is Cc1nnc(COC(=O)c2cc(N)cc(N)c2)n1C. The van der Waals surface area contributed by atoms with Crippen LogP contribution in [0.25, 0.3) is 0 Å². The standard InChI is InChI=1S/C12H15N5O2/c1-7-15-16-11(17(7)2)6-19-12(18)8-3-9(13)5-10(14)4-8/h3-5H,6,13-14H2,1-2H3. The molecule has 0 spiro atoms. The molecule has 0 fully saturated rings. The number of hydrogen-bond acceptors (Lipinski definition) is 6. The maximum Gasteiger partial charge on any atom is 0.338 e. The van der Waals surface area contributed by atoms with Crippen molar-refractivity contribution in [2.45, 2.75) is 13.5 Å². The van der Waals surface area contributed by atoms with Gasteiger partial charge in [0.2, 0.25) is 0 Å². The molecule has 0 bridgehead atoms. The molecular weight excluding hydrogens is 246 g/mol. The van der Waals surface area contributed by atoms with Gasteiger partial charge in [-0.3, -0.25) is 0 Å². The van der Waals surface area contributed by atoms with Gasteiger partial charge in [0.25, 0.3) is 0 Å². The summed E-state index contributed by atoms with van der Waals surface area (Å²) in [6.07, 6.45) is 0. The Morgan fingerprint density at radius 3 is 2.42 bits per heavy atom. The Hall–Kier alpha value is -2.57. The second kappa shape index (κ2) is 4.97. The summed E-state index contributed by atoms with van der Waals surface area (Å²) in [6.45, 7) is 1.86. The lowest BCUT2D eigenvalue weighted by atomic mass is 10.2. The van der Waals surface area contributed by atoms with E-state index in [-0.39, 0.29) is 6.61 Å². The van der Waals surface area contributed by atoms with Gasteiger partial charge < -0.3 is 20.8 Å². The molecule has 1 aromatic carbocycles. The summed E-state index contributed by atoms with van der Waals surface area (Å²) >= 11 is 0. The number of nitrogens with two attached hydrogens (primary N) is 2. The molecule has 0 amide bonds. The zero-order chi connectivity index (χ0) is 14.0. The van der Waals surface area contributed by atoms with Gasteiger partial charge in [-0.05, 0) is 25.1 Å². The maximum absolute atomic E-state index is 11.8. The summed E-state index contributed by atoms with van der Waals surface area (Å²) < 4.78 is 6.90. The van der Waals surface area contributed by atoms with Crippen molar-refractivity contribution in [3.63, 3.8) is 0 Å². The topological polar surface area (TPSA) is 109 Å². The molecule has 2 aromatic rings. The first-order chi connectivity index (χ1) is 8.97. The number of carbonyl (C=O) groups excluding carboxylic acids is 1. The normalized spacial score (nSPS) is 10.4. The van der Waals surface area contributed by atoms with Crippen molar-refractivity contribution in [2.75, 3.05) is 11.5 Å². The van der Waals surface area contributed by atoms with E-state index < -0.39 is 5.97 Å². The number of aromatic nitrogens is 3. The number of benzene rings is 1. The van der Waals surface area contributed by atoms with Gasteiger partial charge in [0.15, 0.2) is 12.4 Å². The van der Waals surface area contributed by atoms with Gasteiger partial charge in [0.1, 0.15) is 5.82 Å². The van der Waals surface area contributed by atoms with Crippen LogP contribution >= 0.6 is 0 Å². The summed E-state index contributed by atoms with van der Waals surface area (Å²) in [5.74, 6) is 0.821. The Balaban J connectivity index is 2.07. The van der Waals surface area contributed by atoms with E-state index in [0.29, 0.717) is 22.8 Å². The Morgan fingerprint density at radius 2 is 1.89 bits per heavy atom. The van der Waals surface area contributed by atoms with E-state index in [0.717, 1.165) is 5.82 Å². The molecule has 100 valence electrons. The molecule has 0 aliphatic rings. The van der Waals surface area contributed by atoms with Crippen LogP contribution < -0.4 is 11.5 Å². The number of anilines is 2. The molecule has 0 saturated carbocycles. The fourth-order valence-corrected chi connectivity index (χ4v) is 1.58. The van der Waals surface area contributed by atoms with E-state index in [1.807, 2.05) is 6.92 Å². The first-order valence-electron chi connectivity index (χ1n) is 5.65. The molecule has 2 rings (SSSR count). The van der Waals surface area contributed by atoms with Crippen molar-refractivity contribution in [2.24, 2.45) is 7.05 Å². The number of hydrogen-bond donors (Lipinski definition) is 2. The third kappa shape index (κ3) is 2.82. The predicted octanol–water partition coefficient (Wildman–Crippen LogP) is 0.645. The largest absolute Gasteiger partial charge is 0.454 e. The first kappa shape index (κ1) is 12.9. The minimum atomic E-state index is -0.500. The zero-order valence-corrected chi connectivity index (χ0v) is 10.8. The van der Waals surface area contributed by atoms with Gasteiger partial charge in [-0.1, -0.05) is 0 Å². The third-order valence-corrected chi connectivity index (χ3v) is 2.73. The van der Waals surface area contributed by atoms with Crippen LogP contribution in [0.3, 0.4) is 0 Å². The minimum Gasteiger partial charge on any atom is -0.454 e. The van der Waals surface area contributed by atoms with E-state index in [1.165, 1.54) is 12.1 Å². The molecule has 1 heterocycles. The third-order valence-electron chi connectivity index (χ3n) is 2.73. The Bertz CT molecular complexity index is 600. The van der Waals surface area contributed by atoms with Crippen LogP contribution in [-0.4, -0.2) is 20.7 Å². The second-order valence-corrected chi connectivity index (χ2v) is 4.19. The van der Waals surface area contributed by atoms with Crippen molar-refractivity contribution < 1.29 is 9.53 Å². The van der Waals surface area contributed by atoms with Crippen LogP contribution in [0.2, 0.25) is 0 Å². The summed E-state index contributed by atoms with van der Waals surface area (Å²) in [4.78, 5) is 11.8. The van der Waals surface area contributed by atoms with E-state index in [4.69, 9.17) is 16.2 Å². The highest BCUT2D eigenvalue weighted by molar-refractivity contribution is 5.91. The highest BCUT2D eigenvalue weighted by Gasteiger charge is 2.12. The van der Waals surface area contributed by atoms with Crippen molar-refractivity contribution in [1.29, 1.82) is 0 Å². The summed E-state index contributed by atoms with van der Waals surface area (Å²) in [6, 6.07) is 4.60. The van der Waals surface area contributed by atoms with Crippen molar-refractivity contribution in [1.82, 2.24) is 14.8 Å².